The smallest absolute Gasteiger partial charge is 0.137 e. The summed E-state index contributed by atoms with van der Waals surface area (Å²) in [5, 5.41) is 8.68. The standard InChI is InChI=1S/C48H40N4O/c1-48(2,3)29-23-24-50-44(25-29)52-42-20-12-9-13-32(42)33-22-21-30(28-43(33)52)53-31-26-38-45-34-14-5-7-16-36(34)46(37-17-8-6-15-35(37)45)47(38)41(27-31)51-40-19-11-10-18-39(40)49-4/h5-28,45-46,49,51H,1-4H3/i4D3. The molecule has 0 fully saturated rings. The molecule has 3 aliphatic rings. The van der Waals surface area contributed by atoms with Gasteiger partial charge in [0.15, 0.2) is 0 Å². The van der Waals surface area contributed by atoms with Gasteiger partial charge >= 0.3 is 0 Å². The van der Waals surface area contributed by atoms with Crippen LogP contribution in [0.2, 0.25) is 0 Å². The van der Waals surface area contributed by atoms with E-state index in [4.69, 9.17) is 13.8 Å². The monoisotopic (exact) mass is 691 g/mol. The van der Waals surface area contributed by atoms with Gasteiger partial charge in [0.25, 0.3) is 0 Å². The van der Waals surface area contributed by atoms with Crippen LogP contribution in [0.3, 0.4) is 0 Å². The van der Waals surface area contributed by atoms with Crippen molar-refractivity contribution in [1.82, 2.24) is 9.55 Å². The number of benzene rings is 6. The van der Waals surface area contributed by atoms with Crippen LogP contribution in [-0.4, -0.2) is 16.5 Å². The second kappa shape index (κ2) is 11.9. The Bertz CT molecular complexity index is 2800. The van der Waals surface area contributed by atoms with Crippen molar-refractivity contribution < 1.29 is 8.85 Å². The van der Waals surface area contributed by atoms with E-state index in [9.17, 15) is 0 Å². The normalized spacial score (nSPS) is 16.6. The third-order valence-corrected chi connectivity index (χ3v) is 11.1. The molecule has 2 bridgehead atoms. The van der Waals surface area contributed by atoms with Crippen LogP contribution in [0.1, 0.15) is 75.7 Å². The first-order valence-electron chi connectivity index (χ1n) is 19.7. The summed E-state index contributed by atoms with van der Waals surface area (Å²) in [6.45, 7) is 4.30. The third-order valence-electron chi connectivity index (χ3n) is 11.1. The number of anilines is 3. The highest BCUT2D eigenvalue weighted by Crippen LogP contribution is 2.58. The number of pyridine rings is 1. The lowest BCUT2D eigenvalue weighted by molar-refractivity contribution is 0.482. The quantitative estimate of drug-likeness (QED) is 0.182. The molecule has 0 radical (unpaired) electrons. The van der Waals surface area contributed by atoms with E-state index in [0.29, 0.717) is 22.9 Å². The first-order chi connectivity index (χ1) is 27.0. The molecule has 258 valence electrons. The summed E-state index contributed by atoms with van der Waals surface area (Å²) in [4.78, 5) is 4.87. The van der Waals surface area contributed by atoms with E-state index in [0.717, 1.165) is 33.3 Å². The van der Waals surface area contributed by atoms with Crippen LogP contribution in [0.4, 0.5) is 17.1 Å². The van der Waals surface area contributed by atoms with E-state index in [1.165, 1.54) is 38.9 Å². The Hall–Kier alpha value is -6.33. The van der Waals surface area contributed by atoms with E-state index in [1.807, 2.05) is 30.5 Å². The van der Waals surface area contributed by atoms with E-state index in [-0.39, 0.29) is 17.3 Å². The molecule has 2 aromatic heterocycles. The Labute approximate surface area is 314 Å². The molecule has 8 aromatic rings. The lowest BCUT2D eigenvalue weighted by Crippen LogP contribution is -2.28. The fraction of sp³-hybridized carbons (Fsp3) is 0.146. The van der Waals surface area contributed by atoms with Crippen LogP contribution in [0.5, 0.6) is 11.5 Å². The lowest BCUT2D eigenvalue weighted by Gasteiger charge is -2.43. The van der Waals surface area contributed by atoms with Gasteiger partial charge in [0.1, 0.15) is 17.3 Å². The van der Waals surface area contributed by atoms with Crippen molar-refractivity contribution >= 4 is 38.9 Å². The number of ether oxygens (including phenoxy) is 1. The summed E-state index contributed by atoms with van der Waals surface area (Å²) in [5.74, 6) is 2.24. The molecule has 0 atom stereocenters. The highest BCUT2D eigenvalue weighted by atomic mass is 16.5. The van der Waals surface area contributed by atoms with Crippen molar-refractivity contribution in [1.29, 1.82) is 0 Å². The van der Waals surface area contributed by atoms with Gasteiger partial charge < -0.3 is 15.4 Å². The fourth-order valence-electron chi connectivity index (χ4n) is 8.68. The Balaban J connectivity index is 1.14. The van der Waals surface area contributed by atoms with Crippen LogP contribution < -0.4 is 15.4 Å². The summed E-state index contributed by atoms with van der Waals surface area (Å²) in [5.41, 5.74) is 12.8. The number of rotatable bonds is 6. The van der Waals surface area contributed by atoms with E-state index >= 15 is 0 Å². The third kappa shape index (κ3) is 4.95. The largest absolute Gasteiger partial charge is 0.457 e. The maximum Gasteiger partial charge on any atom is 0.137 e. The molecule has 0 saturated carbocycles. The fourth-order valence-corrected chi connectivity index (χ4v) is 8.68. The minimum absolute atomic E-state index is 0.00780. The summed E-state index contributed by atoms with van der Waals surface area (Å²) in [6, 6.07) is 48.2. The molecular weight excluding hydrogens is 649 g/mol. The minimum atomic E-state index is -2.36. The topological polar surface area (TPSA) is 51.1 Å². The maximum absolute atomic E-state index is 7.96. The Morgan fingerprint density at radius 1 is 0.604 bits per heavy atom. The molecule has 6 aromatic carbocycles. The van der Waals surface area contributed by atoms with Gasteiger partial charge in [-0.05, 0) is 92.9 Å². The molecule has 53 heavy (non-hydrogen) atoms. The molecule has 0 saturated heterocycles. The van der Waals surface area contributed by atoms with Crippen LogP contribution in [0.25, 0.3) is 27.6 Å². The van der Waals surface area contributed by atoms with Gasteiger partial charge in [-0.3, -0.25) is 4.57 Å². The van der Waals surface area contributed by atoms with Crippen LogP contribution in [0.15, 0.2) is 146 Å². The van der Waals surface area contributed by atoms with Crippen LogP contribution >= 0.6 is 0 Å². The van der Waals surface area contributed by atoms with Crippen LogP contribution in [0, 0.1) is 0 Å². The minimum Gasteiger partial charge on any atom is -0.457 e. The number of hydrogen-bond donors (Lipinski definition) is 2. The molecule has 5 heteroatoms. The number of hydrogen-bond acceptors (Lipinski definition) is 4. The first kappa shape index (κ1) is 28.3. The maximum atomic E-state index is 7.96. The molecule has 3 aliphatic carbocycles. The molecule has 0 unspecified atom stereocenters. The number of fused-ring (bicyclic) bond motifs is 3. The molecule has 0 amide bonds. The Kier molecular flexibility index (Phi) is 6.33. The van der Waals surface area contributed by atoms with E-state index in [1.54, 1.807) is 6.07 Å². The molecule has 5 nitrogen and oxygen atoms in total. The highest BCUT2D eigenvalue weighted by molar-refractivity contribution is 6.09. The van der Waals surface area contributed by atoms with Gasteiger partial charge in [-0.2, -0.15) is 0 Å². The first-order valence-corrected chi connectivity index (χ1v) is 18.2. The average molecular weight is 692 g/mol. The van der Waals surface area contributed by atoms with E-state index < -0.39 is 6.98 Å². The van der Waals surface area contributed by atoms with Gasteiger partial charge in [0.2, 0.25) is 0 Å². The van der Waals surface area contributed by atoms with Gasteiger partial charge in [0.05, 0.1) is 22.4 Å². The zero-order valence-corrected chi connectivity index (χ0v) is 29.8. The van der Waals surface area contributed by atoms with Crippen molar-refractivity contribution in [2.24, 2.45) is 0 Å². The highest BCUT2D eigenvalue weighted by Gasteiger charge is 2.42. The second-order valence-corrected chi connectivity index (χ2v) is 15.2. The van der Waals surface area contributed by atoms with Crippen molar-refractivity contribution in [3.63, 3.8) is 0 Å². The van der Waals surface area contributed by atoms with Crippen LogP contribution in [-0.2, 0) is 5.41 Å². The summed E-state index contributed by atoms with van der Waals surface area (Å²) in [6.07, 6.45) is 1.90. The number of nitrogens with one attached hydrogen (secondary N) is 2. The number of nitrogens with zero attached hydrogens (tertiary/aromatic N) is 2. The average Bonchev–Trinajstić information content (AvgIpc) is 3.51. The van der Waals surface area contributed by atoms with Gasteiger partial charge in [-0.25, -0.2) is 4.98 Å². The van der Waals surface area contributed by atoms with Gasteiger partial charge in [-0.15, -0.1) is 0 Å². The molecule has 0 spiro atoms. The predicted octanol–water partition coefficient (Wildman–Crippen LogP) is 12.0. The molecule has 2 N–H and O–H groups in total. The van der Waals surface area contributed by atoms with E-state index in [2.05, 4.69) is 145 Å². The molecule has 0 aliphatic heterocycles. The van der Waals surface area contributed by atoms with Crippen molar-refractivity contribution in [3.05, 3.63) is 185 Å². The zero-order valence-electron chi connectivity index (χ0n) is 32.8. The molecule has 11 rings (SSSR count). The number of para-hydroxylation sites is 3. The summed E-state index contributed by atoms with van der Waals surface area (Å²) in [7, 11) is 0. The Morgan fingerprint density at radius 2 is 1.26 bits per heavy atom. The molecular formula is C48H40N4O. The van der Waals surface area contributed by atoms with Gasteiger partial charge in [0, 0.05) is 57.7 Å². The summed E-state index contributed by atoms with van der Waals surface area (Å²) >= 11 is 0. The lowest BCUT2D eigenvalue weighted by atomic mass is 9.60. The molecule has 2 heterocycles. The SMILES string of the molecule is [2H]C([2H])([2H])Nc1ccccc1Nc1cc(Oc2ccc3c4ccccc4n(-c4cc(C(C)(C)C)ccn4)c3c2)cc2c1C1c3ccccc3C2c2ccccc21. The van der Waals surface area contributed by atoms with Gasteiger partial charge in [-0.1, -0.05) is 99.6 Å². The summed E-state index contributed by atoms with van der Waals surface area (Å²) < 4.78 is 33.0. The number of aromatic nitrogens is 2. The van der Waals surface area contributed by atoms with Crippen molar-refractivity contribution in [2.45, 2.75) is 38.0 Å². The second-order valence-electron chi connectivity index (χ2n) is 15.2. The predicted molar refractivity (Wildman–Crippen MR) is 218 cm³/mol. The van der Waals surface area contributed by atoms with Crippen molar-refractivity contribution in [3.8, 4) is 17.3 Å². The van der Waals surface area contributed by atoms with Crippen molar-refractivity contribution in [2.75, 3.05) is 17.6 Å². The zero-order chi connectivity index (χ0) is 38.3. The Morgan fingerprint density at radius 3 is 2.00 bits per heavy atom.